The monoisotopic (exact) mass is 246 g/mol. The van der Waals surface area contributed by atoms with Crippen LogP contribution >= 0.6 is 11.6 Å². The predicted molar refractivity (Wildman–Crippen MR) is 58.2 cm³/mol. The van der Waals surface area contributed by atoms with Crippen LogP contribution in [-0.2, 0) is 21.8 Å². The molecular weight excluding hydrogens is 235 g/mol. The van der Waals surface area contributed by atoms with Crippen LogP contribution in [-0.4, -0.2) is 20.2 Å². The van der Waals surface area contributed by atoms with Crippen molar-refractivity contribution in [3.63, 3.8) is 0 Å². The molecule has 0 N–H and O–H groups in total. The highest BCUT2D eigenvalue weighted by atomic mass is 35.5. The minimum atomic E-state index is -0.468. The first-order valence-corrected chi connectivity index (χ1v) is 5.13. The molecule has 0 spiro atoms. The van der Waals surface area contributed by atoms with Crippen molar-refractivity contribution in [2.24, 2.45) is 0 Å². The SMILES string of the molecule is COC(=O)Cc1cc(F)cc(OC)c1CCl. The number of methoxy groups -OCH3 is 2. The summed E-state index contributed by atoms with van der Waals surface area (Å²) in [6, 6.07) is 2.50. The highest BCUT2D eigenvalue weighted by molar-refractivity contribution is 6.17. The third-order valence-corrected chi connectivity index (χ3v) is 2.45. The number of rotatable bonds is 4. The van der Waals surface area contributed by atoms with Gasteiger partial charge in [0.2, 0.25) is 0 Å². The zero-order chi connectivity index (χ0) is 12.1. The molecule has 0 fully saturated rings. The maximum absolute atomic E-state index is 13.2. The van der Waals surface area contributed by atoms with E-state index in [1.165, 1.54) is 26.4 Å². The van der Waals surface area contributed by atoms with Gasteiger partial charge in [-0.05, 0) is 11.6 Å². The second-order valence-corrected chi connectivity index (χ2v) is 3.40. The highest BCUT2D eigenvalue weighted by Crippen LogP contribution is 2.26. The van der Waals surface area contributed by atoms with Crippen molar-refractivity contribution in [2.45, 2.75) is 12.3 Å². The summed E-state index contributed by atoms with van der Waals surface area (Å²) in [6.45, 7) is 0. The molecule has 0 radical (unpaired) electrons. The van der Waals surface area contributed by atoms with Crippen molar-refractivity contribution in [3.8, 4) is 5.75 Å². The fourth-order valence-corrected chi connectivity index (χ4v) is 1.69. The van der Waals surface area contributed by atoms with E-state index in [-0.39, 0.29) is 12.3 Å². The van der Waals surface area contributed by atoms with Gasteiger partial charge in [-0.15, -0.1) is 11.6 Å². The van der Waals surface area contributed by atoms with Crippen molar-refractivity contribution < 1.29 is 18.7 Å². The predicted octanol–water partition coefficient (Wildman–Crippen LogP) is 2.29. The largest absolute Gasteiger partial charge is 0.496 e. The molecule has 0 unspecified atom stereocenters. The first-order valence-electron chi connectivity index (χ1n) is 4.60. The summed E-state index contributed by atoms with van der Waals surface area (Å²) in [5, 5.41) is 0. The van der Waals surface area contributed by atoms with Gasteiger partial charge in [-0.1, -0.05) is 0 Å². The number of carbonyl (C=O) groups is 1. The van der Waals surface area contributed by atoms with Crippen LogP contribution in [0.1, 0.15) is 11.1 Å². The average molecular weight is 247 g/mol. The lowest BCUT2D eigenvalue weighted by molar-refractivity contribution is -0.139. The number of hydrogen-bond donors (Lipinski definition) is 0. The summed E-state index contributed by atoms with van der Waals surface area (Å²) in [7, 11) is 2.70. The van der Waals surface area contributed by atoms with Crippen molar-refractivity contribution in [1.29, 1.82) is 0 Å². The van der Waals surface area contributed by atoms with E-state index in [0.717, 1.165) is 0 Å². The van der Waals surface area contributed by atoms with Crippen LogP contribution in [0.5, 0.6) is 5.75 Å². The summed E-state index contributed by atoms with van der Waals surface area (Å²) < 4.78 is 22.7. The van der Waals surface area contributed by atoms with Crippen molar-refractivity contribution in [1.82, 2.24) is 0 Å². The van der Waals surface area contributed by atoms with E-state index >= 15 is 0 Å². The highest BCUT2D eigenvalue weighted by Gasteiger charge is 2.14. The number of alkyl halides is 1. The Hall–Kier alpha value is -1.29. The van der Waals surface area contributed by atoms with E-state index in [4.69, 9.17) is 16.3 Å². The molecule has 0 aliphatic rings. The summed E-state index contributed by atoms with van der Waals surface area (Å²) >= 11 is 5.74. The Kier molecular flexibility index (Phi) is 4.55. The Balaban J connectivity index is 3.14. The third-order valence-electron chi connectivity index (χ3n) is 2.18. The quantitative estimate of drug-likeness (QED) is 0.604. The van der Waals surface area contributed by atoms with Crippen LogP contribution in [0, 0.1) is 5.82 Å². The molecule has 0 heterocycles. The van der Waals surface area contributed by atoms with E-state index in [1.807, 2.05) is 0 Å². The molecule has 0 saturated carbocycles. The minimum absolute atomic E-state index is 0.0212. The first-order chi connectivity index (χ1) is 7.62. The van der Waals surface area contributed by atoms with Gasteiger partial charge in [0.05, 0.1) is 26.5 Å². The number of benzene rings is 1. The Bertz CT molecular complexity index is 393. The van der Waals surface area contributed by atoms with Crippen molar-refractivity contribution in [2.75, 3.05) is 14.2 Å². The lowest BCUT2D eigenvalue weighted by atomic mass is 10.0. The standard InChI is InChI=1S/C11H12ClFO3/c1-15-10-5-8(13)3-7(9(10)6-12)4-11(14)16-2/h3,5H,4,6H2,1-2H3. The molecule has 0 bridgehead atoms. The van der Waals surface area contributed by atoms with Gasteiger partial charge in [-0.2, -0.15) is 0 Å². The molecule has 88 valence electrons. The van der Waals surface area contributed by atoms with Gasteiger partial charge < -0.3 is 9.47 Å². The molecular formula is C11H12ClFO3. The molecule has 0 aliphatic carbocycles. The van der Waals surface area contributed by atoms with Gasteiger partial charge in [0, 0.05) is 11.6 Å². The molecule has 1 rings (SSSR count). The molecule has 0 amide bonds. The van der Waals surface area contributed by atoms with Gasteiger partial charge >= 0.3 is 5.97 Å². The van der Waals surface area contributed by atoms with Gasteiger partial charge in [0.25, 0.3) is 0 Å². The average Bonchev–Trinajstić information content (AvgIpc) is 2.28. The van der Waals surface area contributed by atoms with E-state index in [9.17, 15) is 9.18 Å². The van der Waals surface area contributed by atoms with Gasteiger partial charge in [0.15, 0.2) is 0 Å². The second-order valence-electron chi connectivity index (χ2n) is 3.13. The molecule has 5 heteroatoms. The maximum Gasteiger partial charge on any atom is 0.309 e. The van der Waals surface area contributed by atoms with E-state index in [1.54, 1.807) is 0 Å². The number of hydrogen-bond acceptors (Lipinski definition) is 3. The topological polar surface area (TPSA) is 35.5 Å². The molecule has 1 aromatic carbocycles. The number of esters is 1. The van der Waals surface area contributed by atoms with Crippen LogP contribution < -0.4 is 4.74 Å². The van der Waals surface area contributed by atoms with Crippen molar-refractivity contribution in [3.05, 3.63) is 29.1 Å². The van der Waals surface area contributed by atoms with Crippen LogP contribution in [0.3, 0.4) is 0 Å². The normalized spacial score (nSPS) is 10.0. The fraction of sp³-hybridized carbons (Fsp3) is 0.364. The molecule has 16 heavy (non-hydrogen) atoms. The van der Waals surface area contributed by atoms with Gasteiger partial charge in [0.1, 0.15) is 11.6 Å². The summed E-state index contributed by atoms with van der Waals surface area (Å²) in [5.74, 6) is -0.423. The fourth-order valence-electron chi connectivity index (χ4n) is 1.39. The Morgan fingerprint density at radius 1 is 1.44 bits per heavy atom. The van der Waals surface area contributed by atoms with Gasteiger partial charge in [-0.25, -0.2) is 4.39 Å². The molecule has 0 saturated heterocycles. The zero-order valence-corrected chi connectivity index (χ0v) is 9.81. The Labute approximate surface area is 98.1 Å². The van der Waals surface area contributed by atoms with Crippen LogP contribution in [0.4, 0.5) is 4.39 Å². The Morgan fingerprint density at radius 3 is 2.62 bits per heavy atom. The summed E-state index contributed by atoms with van der Waals surface area (Å²) in [5.41, 5.74) is 1.09. The first kappa shape index (κ1) is 12.8. The van der Waals surface area contributed by atoms with Crippen LogP contribution in [0.2, 0.25) is 0 Å². The van der Waals surface area contributed by atoms with Crippen molar-refractivity contribution >= 4 is 17.6 Å². The lowest BCUT2D eigenvalue weighted by Gasteiger charge is -2.11. The maximum atomic E-state index is 13.2. The molecule has 1 aromatic rings. The molecule has 0 aliphatic heterocycles. The summed E-state index contributed by atoms with van der Waals surface area (Å²) in [6.07, 6.45) is -0.0212. The molecule has 0 aromatic heterocycles. The molecule has 3 nitrogen and oxygen atoms in total. The summed E-state index contributed by atoms with van der Waals surface area (Å²) in [4.78, 5) is 11.1. The number of ether oxygens (including phenoxy) is 2. The third kappa shape index (κ3) is 2.85. The zero-order valence-electron chi connectivity index (χ0n) is 9.05. The van der Waals surface area contributed by atoms with Crippen LogP contribution in [0.15, 0.2) is 12.1 Å². The van der Waals surface area contributed by atoms with E-state index in [0.29, 0.717) is 16.9 Å². The Morgan fingerprint density at radius 2 is 2.12 bits per heavy atom. The second kappa shape index (κ2) is 5.70. The smallest absolute Gasteiger partial charge is 0.309 e. The molecule has 0 atom stereocenters. The minimum Gasteiger partial charge on any atom is -0.496 e. The van der Waals surface area contributed by atoms with Crippen LogP contribution in [0.25, 0.3) is 0 Å². The van der Waals surface area contributed by atoms with E-state index in [2.05, 4.69) is 4.74 Å². The van der Waals surface area contributed by atoms with E-state index < -0.39 is 11.8 Å². The lowest BCUT2D eigenvalue weighted by Crippen LogP contribution is -2.08. The number of carbonyl (C=O) groups excluding carboxylic acids is 1. The van der Waals surface area contributed by atoms with Gasteiger partial charge in [-0.3, -0.25) is 4.79 Å². The number of halogens is 2.